The van der Waals surface area contributed by atoms with Crippen LogP contribution < -0.4 is 0 Å². The Labute approximate surface area is 91.0 Å². The molecule has 0 radical (unpaired) electrons. The molecule has 5 nitrogen and oxygen atoms in total. The summed E-state index contributed by atoms with van der Waals surface area (Å²) < 4.78 is 9.47. The Morgan fingerprint density at radius 3 is 2.47 bits per heavy atom. The van der Waals surface area contributed by atoms with Gasteiger partial charge in [-0.05, 0) is 13.8 Å². The Kier molecular flexibility index (Phi) is 4.23. The Bertz CT molecular complexity index is 328. The van der Waals surface area contributed by atoms with Crippen LogP contribution in [0.3, 0.4) is 0 Å². The maximum Gasteiger partial charge on any atom is 0.367 e. The molecule has 82 valence electrons. The van der Waals surface area contributed by atoms with Crippen molar-refractivity contribution in [2.45, 2.75) is 13.8 Å². The lowest BCUT2D eigenvalue weighted by Gasteiger charge is -1.97. The van der Waals surface area contributed by atoms with Gasteiger partial charge in [-0.1, -0.05) is 0 Å². The lowest BCUT2D eigenvalue weighted by atomic mass is 10.5. The second kappa shape index (κ2) is 5.45. The van der Waals surface area contributed by atoms with Crippen molar-refractivity contribution in [3.63, 3.8) is 0 Å². The van der Waals surface area contributed by atoms with Crippen LogP contribution in [-0.4, -0.2) is 30.1 Å². The van der Waals surface area contributed by atoms with Gasteiger partial charge in [0.15, 0.2) is 5.69 Å². The molecule has 0 aliphatic carbocycles. The Morgan fingerprint density at radius 2 is 1.87 bits per heavy atom. The summed E-state index contributed by atoms with van der Waals surface area (Å²) in [7, 11) is 0. The van der Waals surface area contributed by atoms with Gasteiger partial charge in [-0.15, -0.1) is 11.3 Å². The van der Waals surface area contributed by atoms with Gasteiger partial charge in [0.2, 0.25) is 5.01 Å². The third kappa shape index (κ3) is 3.02. The van der Waals surface area contributed by atoms with Gasteiger partial charge in [-0.25, -0.2) is 14.6 Å². The number of hydrogen-bond acceptors (Lipinski definition) is 6. The van der Waals surface area contributed by atoms with Crippen molar-refractivity contribution in [1.82, 2.24) is 4.98 Å². The van der Waals surface area contributed by atoms with E-state index < -0.39 is 11.9 Å². The number of hydrogen-bond donors (Lipinski definition) is 0. The van der Waals surface area contributed by atoms with E-state index in [1.165, 1.54) is 5.38 Å². The van der Waals surface area contributed by atoms with Crippen LogP contribution in [0.4, 0.5) is 0 Å². The maximum absolute atomic E-state index is 11.2. The number of aromatic nitrogens is 1. The molecule has 1 rings (SSSR count). The molecule has 0 bridgehead atoms. The molecule has 0 N–H and O–H groups in total. The minimum Gasteiger partial charge on any atom is -0.461 e. The zero-order valence-corrected chi connectivity index (χ0v) is 9.30. The summed E-state index contributed by atoms with van der Waals surface area (Å²) in [6.07, 6.45) is 0. The highest BCUT2D eigenvalue weighted by molar-refractivity contribution is 7.11. The monoisotopic (exact) mass is 229 g/mol. The maximum atomic E-state index is 11.2. The molecule has 15 heavy (non-hydrogen) atoms. The molecule has 0 saturated heterocycles. The molecule has 0 unspecified atom stereocenters. The predicted octanol–water partition coefficient (Wildman–Crippen LogP) is 1.50. The summed E-state index contributed by atoms with van der Waals surface area (Å²) >= 11 is 1.07. The minimum atomic E-state index is -0.524. The summed E-state index contributed by atoms with van der Waals surface area (Å²) in [5.41, 5.74) is 0.143. The molecule has 0 aromatic carbocycles. The lowest BCUT2D eigenvalue weighted by molar-refractivity contribution is 0.0517. The molecule has 1 heterocycles. The van der Waals surface area contributed by atoms with E-state index in [1.807, 2.05) is 0 Å². The first-order valence-electron chi connectivity index (χ1n) is 4.48. The lowest BCUT2D eigenvalue weighted by Crippen LogP contribution is -2.08. The molecule has 0 saturated carbocycles. The highest BCUT2D eigenvalue weighted by atomic mass is 32.1. The van der Waals surface area contributed by atoms with E-state index in [4.69, 9.17) is 9.47 Å². The van der Waals surface area contributed by atoms with Crippen LogP contribution in [0, 0.1) is 0 Å². The van der Waals surface area contributed by atoms with E-state index >= 15 is 0 Å². The average molecular weight is 229 g/mol. The van der Waals surface area contributed by atoms with E-state index in [0.29, 0.717) is 0 Å². The van der Waals surface area contributed by atoms with Gasteiger partial charge in [0.05, 0.1) is 13.2 Å². The summed E-state index contributed by atoms with van der Waals surface area (Å²) in [5, 5.41) is 1.64. The third-order valence-electron chi connectivity index (χ3n) is 1.44. The average Bonchev–Trinajstić information content (AvgIpc) is 2.67. The Morgan fingerprint density at radius 1 is 1.27 bits per heavy atom. The van der Waals surface area contributed by atoms with E-state index in [2.05, 4.69) is 4.98 Å². The van der Waals surface area contributed by atoms with Gasteiger partial charge >= 0.3 is 11.9 Å². The standard InChI is InChI=1S/C9H11NO4S/c1-3-13-8(11)6-5-15-7(10-6)9(12)14-4-2/h5H,3-4H2,1-2H3. The second-order valence-corrected chi connectivity index (χ2v) is 3.34. The zero-order chi connectivity index (χ0) is 11.3. The number of carbonyl (C=O) groups is 2. The Hall–Kier alpha value is -1.43. The van der Waals surface area contributed by atoms with Crippen LogP contribution >= 0.6 is 11.3 Å². The van der Waals surface area contributed by atoms with Crippen LogP contribution in [0.15, 0.2) is 5.38 Å². The fraction of sp³-hybridized carbons (Fsp3) is 0.444. The molecule has 0 aliphatic rings. The molecule has 0 amide bonds. The summed E-state index contributed by atoms with van der Waals surface area (Å²) in [6, 6.07) is 0. The summed E-state index contributed by atoms with van der Waals surface area (Å²) in [4.78, 5) is 26.2. The van der Waals surface area contributed by atoms with E-state index in [9.17, 15) is 9.59 Å². The van der Waals surface area contributed by atoms with Crippen molar-refractivity contribution < 1.29 is 19.1 Å². The largest absolute Gasteiger partial charge is 0.461 e. The summed E-state index contributed by atoms with van der Waals surface area (Å²) in [5.74, 6) is -1.04. The fourth-order valence-electron chi connectivity index (χ4n) is 0.859. The molecule has 0 fully saturated rings. The first-order chi connectivity index (χ1) is 7.19. The molecule has 1 aromatic rings. The number of thiazole rings is 1. The third-order valence-corrected chi connectivity index (χ3v) is 2.26. The van der Waals surface area contributed by atoms with Crippen molar-refractivity contribution in [3.05, 3.63) is 16.1 Å². The van der Waals surface area contributed by atoms with Gasteiger partial charge in [-0.3, -0.25) is 0 Å². The van der Waals surface area contributed by atoms with E-state index in [1.54, 1.807) is 13.8 Å². The van der Waals surface area contributed by atoms with Gasteiger partial charge in [0, 0.05) is 5.38 Å². The van der Waals surface area contributed by atoms with Crippen LogP contribution in [0.25, 0.3) is 0 Å². The van der Waals surface area contributed by atoms with Crippen molar-refractivity contribution in [2.24, 2.45) is 0 Å². The van der Waals surface area contributed by atoms with Crippen LogP contribution in [0.1, 0.15) is 34.1 Å². The number of ether oxygens (including phenoxy) is 2. The van der Waals surface area contributed by atoms with Crippen LogP contribution in [0.2, 0.25) is 0 Å². The van der Waals surface area contributed by atoms with Crippen LogP contribution in [0.5, 0.6) is 0 Å². The predicted molar refractivity (Wildman–Crippen MR) is 54.0 cm³/mol. The van der Waals surface area contributed by atoms with Gasteiger partial charge < -0.3 is 9.47 Å². The normalized spacial score (nSPS) is 9.73. The van der Waals surface area contributed by atoms with Crippen molar-refractivity contribution in [3.8, 4) is 0 Å². The molecular weight excluding hydrogens is 218 g/mol. The van der Waals surface area contributed by atoms with Crippen LogP contribution in [-0.2, 0) is 9.47 Å². The highest BCUT2D eigenvalue weighted by Gasteiger charge is 2.16. The van der Waals surface area contributed by atoms with Crippen molar-refractivity contribution in [2.75, 3.05) is 13.2 Å². The number of nitrogens with zero attached hydrogens (tertiary/aromatic N) is 1. The number of rotatable bonds is 4. The van der Waals surface area contributed by atoms with E-state index in [0.717, 1.165) is 11.3 Å². The topological polar surface area (TPSA) is 65.5 Å². The molecule has 6 heteroatoms. The number of esters is 2. The number of carbonyl (C=O) groups excluding carboxylic acids is 2. The Balaban J connectivity index is 2.71. The minimum absolute atomic E-state index is 0.143. The second-order valence-electron chi connectivity index (χ2n) is 2.48. The molecule has 1 aromatic heterocycles. The van der Waals surface area contributed by atoms with Crippen molar-refractivity contribution >= 4 is 23.3 Å². The van der Waals surface area contributed by atoms with Gasteiger partial charge in [-0.2, -0.15) is 0 Å². The molecule has 0 spiro atoms. The smallest absolute Gasteiger partial charge is 0.367 e. The highest BCUT2D eigenvalue weighted by Crippen LogP contribution is 2.11. The van der Waals surface area contributed by atoms with Gasteiger partial charge in [0.1, 0.15) is 0 Å². The molecule has 0 atom stereocenters. The first-order valence-corrected chi connectivity index (χ1v) is 5.36. The SMILES string of the molecule is CCOC(=O)c1csc(C(=O)OCC)n1. The van der Waals surface area contributed by atoms with Crippen molar-refractivity contribution in [1.29, 1.82) is 0 Å². The summed E-state index contributed by atoms with van der Waals surface area (Å²) in [6.45, 7) is 3.98. The quantitative estimate of drug-likeness (QED) is 0.732. The zero-order valence-electron chi connectivity index (χ0n) is 8.48. The fourth-order valence-corrected chi connectivity index (χ4v) is 1.54. The first kappa shape index (κ1) is 11.6. The van der Waals surface area contributed by atoms with E-state index in [-0.39, 0.29) is 23.9 Å². The molecular formula is C9H11NO4S. The van der Waals surface area contributed by atoms with Gasteiger partial charge in [0.25, 0.3) is 0 Å². The molecule has 0 aliphatic heterocycles.